The van der Waals surface area contributed by atoms with Crippen LogP contribution in [0.15, 0.2) is 48.9 Å². The van der Waals surface area contributed by atoms with Crippen molar-refractivity contribution in [1.29, 1.82) is 0 Å². The number of nitrogens with zero attached hydrogens (tertiary/aromatic N) is 3. The minimum Gasteiger partial charge on any atom is -0.366 e. The molecule has 0 unspecified atom stereocenters. The first-order valence-electron chi connectivity index (χ1n) is 8.54. The molecule has 2 heterocycles. The molecule has 6 nitrogen and oxygen atoms in total. The third-order valence-electron chi connectivity index (χ3n) is 4.30. The zero-order valence-electron chi connectivity index (χ0n) is 15.4. The van der Waals surface area contributed by atoms with E-state index in [0.717, 1.165) is 0 Å². The van der Waals surface area contributed by atoms with Gasteiger partial charge in [-0.3, -0.25) is 9.78 Å². The number of hydrogen-bond donors (Lipinski definition) is 2. The van der Waals surface area contributed by atoms with E-state index < -0.39 is 17.1 Å². The van der Waals surface area contributed by atoms with Gasteiger partial charge in [0.25, 0.3) is 0 Å². The molecule has 0 bridgehead atoms. The number of primary amides is 1. The second-order valence-electron chi connectivity index (χ2n) is 6.93. The number of carbonyl (C=O) groups is 1. The van der Waals surface area contributed by atoms with Gasteiger partial charge < -0.3 is 11.1 Å². The zero-order chi connectivity index (χ0) is 20.3. The molecule has 0 aliphatic rings. The van der Waals surface area contributed by atoms with Crippen molar-refractivity contribution in [2.24, 2.45) is 5.73 Å². The Bertz CT molecular complexity index is 1010. The second kappa shape index (κ2) is 7.67. The summed E-state index contributed by atoms with van der Waals surface area (Å²) < 4.78 is 28.1. The first-order chi connectivity index (χ1) is 13.3. The summed E-state index contributed by atoms with van der Waals surface area (Å²) in [5, 5.41) is 3.04. The number of nitrogens with one attached hydrogen (secondary N) is 1. The van der Waals surface area contributed by atoms with Crippen LogP contribution in [0, 0.1) is 11.6 Å². The first kappa shape index (κ1) is 19.3. The lowest BCUT2D eigenvalue weighted by molar-refractivity contribution is 0.100. The molecule has 3 aromatic rings. The highest BCUT2D eigenvalue weighted by atomic mass is 19.1. The fourth-order valence-electron chi connectivity index (χ4n) is 2.73. The quantitative estimate of drug-likeness (QED) is 0.681. The van der Waals surface area contributed by atoms with Gasteiger partial charge in [0.15, 0.2) is 0 Å². The summed E-state index contributed by atoms with van der Waals surface area (Å²) in [5.74, 6) is -1.24. The van der Waals surface area contributed by atoms with Crippen molar-refractivity contribution < 1.29 is 13.6 Å². The van der Waals surface area contributed by atoms with Gasteiger partial charge in [0.05, 0.1) is 5.69 Å². The van der Waals surface area contributed by atoms with Crippen molar-refractivity contribution in [3.05, 3.63) is 71.8 Å². The third kappa shape index (κ3) is 4.11. The number of anilines is 1. The predicted molar refractivity (Wildman–Crippen MR) is 102 cm³/mol. The Hall–Kier alpha value is -3.42. The lowest BCUT2D eigenvalue weighted by atomic mass is 9.88. The highest BCUT2D eigenvalue weighted by Crippen LogP contribution is 2.25. The van der Waals surface area contributed by atoms with Crippen LogP contribution in [0.2, 0.25) is 0 Å². The molecule has 0 aliphatic carbocycles. The smallest absolute Gasteiger partial charge is 0.248 e. The van der Waals surface area contributed by atoms with E-state index in [1.165, 1.54) is 42.7 Å². The fraction of sp³-hybridized carbons (Fsp3) is 0.200. The number of rotatable bonds is 6. The molecule has 3 rings (SSSR count). The third-order valence-corrected chi connectivity index (χ3v) is 4.30. The molecule has 2 aromatic heterocycles. The molecule has 28 heavy (non-hydrogen) atoms. The van der Waals surface area contributed by atoms with E-state index in [-0.39, 0.29) is 16.9 Å². The van der Waals surface area contributed by atoms with Crippen LogP contribution in [0.25, 0.3) is 11.1 Å². The fourth-order valence-corrected chi connectivity index (χ4v) is 2.73. The van der Waals surface area contributed by atoms with Crippen molar-refractivity contribution in [2.45, 2.75) is 19.3 Å². The largest absolute Gasteiger partial charge is 0.366 e. The number of hydrogen-bond acceptors (Lipinski definition) is 5. The lowest BCUT2D eigenvalue weighted by Crippen LogP contribution is -2.30. The van der Waals surface area contributed by atoms with Crippen molar-refractivity contribution >= 4 is 11.9 Å². The Morgan fingerprint density at radius 1 is 1.11 bits per heavy atom. The summed E-state index contributed by atoms with van der Waals surface area (Å²) >= 11 is 0. The number of nitrogens with two attached hydrogens (primary N) is 1. The van der Waals surface area contributed by atoms with Gasteiger partial charge in [-0.2, -0.15) is 0 Å². The van der Waals surface area contributed by atoms with Crippen LogP contribution in [0.5, 0.6) is 0 Å². The van der Waals surface area contributed by atoms with Gasteiger partial charge >= 0.3 is 0 Å². The van der Waals surface area contributed by atoms with Crippen LogP contribution in [0.1, 0.15) is 29.9 Å². The molecule has 144 valence electrons. The number of benzene rings is 1. The van der Waals surface area contributed by atoms with Gasteiger partial charge in [-0.1, -0.05) is 13.8 Å². The number of amides is 1. The molecule has 3 N–H and O–H groups in total. The molecule has 0 atom stereocenters. The Labute approximate surface area is 160 Å². The molecule has 8 heteroatoms. The summed E-state index contributed by atoms with van der Waals surface area (Å²) in [7, 11) is 0. The van der Waals surface area contributed by atoms with Gasteiger partial charge in [-0.15, -0.1) is 0 Å². The molecular weight excluding hydrogens is 364 g/mol. The van der Waals surface area contributed by atoms with Crippen molar-refractivity contribution in [3.63, 3.8) is 0 Å². The summed E-state index contributed by atoms with van der Waals surface area (Å²) in [6.07, 6.45) is 4.42. The maximum Gasteiger partial charge on any atom is 0.248 e. The van der Waals surface area contributed by atoms with E-state index in [2.05, 4.69) is 20.3 Å². The van der Waals surface area contributed by atoms with Crippen LogP contribution >= 0.6 is 0 Å². The Kier molecular flexibility index (Phi) is 5.30. The molecule has 0 spiro atoms. The number of carbonyl (C=O) groups excluding carboxylic acids is 1. The highest BCUT2D eigenvalue weighted by molar-refractivity contribution is 5.94. The van der Waals surface area contributed by atoms with E-state index in [0.29, 0.717) is 23.8 Å². The number of pyridine rings is 1. The molecule has 0 aliphatic heterocycles. The van der Waals surface area contributed by atoms with E-state index >= 15 is 0 Å². The number of aromatic nitrogens is 3. The van der Waals surface area contributed by atoms with Crippen LogP contribution in [0.3, 0.4) is 0 Å². The van der Waals surface area contributed by atoms with E-state index in [1.807, 2.05) is 13.8 Å². The average molecular weight is 383 g/mol. The first-order valence-corrected chi connectivity index (χ1v) is 8.54. The summed E-state index contributed by atoms with van der Waals surface area (Å²) in [6, 6.07) is 6.75. The Balaban J connectivity index is 1.76. The molecule has 0 radical (unpaired) electrons. The summed E-state index contributed by atoms with van der Waals surface area (Å²) in [4.78, 5) is 23.8. The minimum absolute atomic E-state index is 0.179. The van der Waals surface area contributed by atoms with Crippen LogP contribution in [-0.4, -0.2) is 27.4 Å². The SMILES string of the molecule is CC(C)(CNc1ncc(-c2cc(C(N)=O)ccc2F)cn1)c1ncccc1F. The minimum atomic E-state index is -0.649. The normalized spacial score (nSPS) is 11.3. The van der Waals surface area contributed by atoms with E-state index in [1.54, 1.807) is 6.20 Å². The summed E-state index contributed by atoms with van der Waals surface area (Å²) in [6.45, 7) is 4.04. The van der Waals surface area contributed by atoms with Gasteiger partial charge in [-0.05, 0) is 30.3 Å². The van der Waals surface area contributed by atoms with Crippen molar-refractivity contribution in [1.82, 2.24) is 15.0 Å². The predicted octanol–water partition coefficient (Wildman–Crippen LogP) is 3.31. The van der Waals surface area contributed by atoms with Crippen LogP contribution in [-0.2, 0) is 5.41 Å². The Morgan fingerprint density at radius 3 is 2.46 bits per heavy atom. The highest BCUT2D eigenvalue weighted by Gasteiger charge is 2.25. The van der Waals surface area contributed by atoms with Gasteiger partial charge in [0.1, 0.15) is 11.6 Å². The Morgan fingerprint density at radius 2 is 1.82 bits per heavy atom. The van der Waals surface area contributed by atoms with Crippen LogP contribution < -0.4 is 11.1 Å². The van der Waals surface area contributed by atoms with Gasteiger partial charge in [0, 0.05) is 47.2 Å². The molecule has 1 aromatic carbocycles. The number of halogens is 2. The van der Waals surface area contributed by atoms with Crippen molar-refractivity contribution in [3.8, 4) is 11.1 Å². The average Bonchev–Trinajstić information content (AvgIpc) is 2.67. The van der Waals surface area contributed by atoms with Gasteiger partial charge in [0.2, 0.25) is 11.9 Å². The molecular formula is C20H19F2N5O. The summed E-state index contributed by atoms with van der Waals surface area (Å²) in [5.41, 5.74) is 5.75. The molecule has 0 saturated carbocycles. The molecule has 0 saturated heterocycles. The standard InChI is InChI=1S/C20H19F2N5O/c1-20(2,17-16(22)4-3-7-24-17)11-27-19-25-9-13(10-26-19)14-8-12(18(23)28)5-6-15(14)21/h3-10H,11H2,1-2H3,(H2,23,28)(H,25,26,27). The second-order valence-corrected chi connectivity index (χ2v) is 6.93. The van der Waals surface area contributed by atoms with E-state index in [9.17, 15) is 13.6 Å². The van der Waals surface area contributed by atoms with Gasteiger partial charge in [-0.25, -0.2) is 18.7 Å². The van der Waals surface area contributed by atoms with Crippen molar-refractivity contribution in [2.75, 3.05) is 11.9 Å². The van der Waals surface area contributed by atoms with Crippen LogP contribution in [0.4, 0.5) is 14.7 Å². The lowest BCUT2D eigenvalue weighted by Gasteiger charge is -2.24. The molecule has 1 amide bonds. The topological polar surface area (TPSA) is 93.8 Å². The maximum absolute atomic E-state index is 14.1. The monoisotopic (exact) mass is 383 g/mol. The zero-order valence-corrected chi connectivity index (χ0v) is 15.4. The van der Waals surface area contributed by atoms with E-state index in [4.69, 9.17) is 5.73 Å². The molecule has 0 fully saturated rings. The maximum atomic E-state index is 14.1.